The summed E-state index contributed by atoms with van der Waals surface area (Å²) in [5.41, 5.74) is 1.19. The lowest BCUT2D eigenvalue weighted by atomic mass is 10.1. The van der Waals surface area contributed by atoms with Crippen molar-refractivity contribution in [2.45, 2.75) is 10.9 Å². The van der Waals surface area contributed by atoms with Gasteiger partial charge in [0.25, 0.3) is 5.56 Å². The first-order chi connectivity index (χ1) is 14.5. The quantitative estimate of drug-likeness (QED) is 0.620. The summed E-state index contributed by atoms with van der Waals surface area (Å²) in [5, 5.41) is 4.43. The Hall–Kier alpha value is -3.24. The van der Waals surface area contributed by atoms with E-state index >= 15 is 0 Å². The molecule has 1 fully saturated rings. The lowest BCUT2D eigenvalue weighted by Crippen LogP contribution is -2.53. The van der Waals surface area contributed by atoms with Crippen LogP contribution in [0, 0.1) is 0 Å². The van der Waals surface area contributed by atoms with Gasteiger partial charge in [-0.05, 0) is 30.3 Å². The molecular formula is C20H18N4O5S. The third kappa shape index (κ3) is 3.23. The molecule has 2 aliphatic rings. The van der Waals surface area contributed by atoms with Crippen molar-refractivity contribution in [1.29, 1.82) is 0 Å². The van der Waals surface area contributed by atoms with Crippen LogP contribution in [0.25, 0.3) is 11.3 Å². The number of aromatic nitrogens is 3. The van der Waals surface area contributed by atoms with E-state index in [2.05, 4.69) is 10.1 Å². The van der Waals surface area contributed by atoms with Crippen LogP contribution in [0.2, 0.25) is 0 Å². The second-order valence-corrected chi connectivity index (χ2v) is 8.96. The van der Waals surface area contributed by atoms with Gasteiger partial charge in [0.1, 0.15) is 13.2 Å². The molecule has 3 aromatic rings. The Morgan fingerprint density at radius 3 is 2.43 bits per heavy atom. The van der Waals surface area contributed by atoms with Crippen molar-refractivity contribution in [3.05, 3.63) is 65.2 Å². The second kappa shape index (κ2) is 7.22. The fourth-order valence-electron chi connectivity index (χ4n) is 3.46. The van der Waals surface area contributed by atoms with Crippen LogP contribution in [0.15, 0.2) is 64.5 Å². The predicted molar refractivity (Wildman–Crippen MR) is 107 cm³/mol. The van der Waals surface area contributed by atoms with Crippen molar-refractivity contribution >= 4 is 10.0 Å². The van der Waals surface area contributed by atoms with E-state index in [4.69, 9.17) is 9.47 Å². The Morgan fingerprint density at radius 2 is 1.67 bits per heavy atom. The van der Waals surface area contributed by atoms with Gasteiger partial charge in [0, 0.05) is 43.2 Å². The van der Waals surface area contributed by atoms with Crippen molar-refractivity contribution in [2.24, 2.45) is 0 Å². The van der Waals surface area contributed by atoms with Crippen LogP contribution in [-0.2, 0) is 10.0 Å². The first-order valence-electron chi connectivity index (χ1n) is 9.42. The highest BCUT2D eigenvalue weighted by atomic mass is 32.2. The second-order valence-electron chi connectivity index (χ2n) is 7.02. The van der Waals surface area contributed by atoms with Gasteiger partial charge in [-0.3, -0.25) is 9.78 Å². The lowest BCUT2D eigenvalue weighted by Gasteiger charge is -2.38. The predicted octanol–water partition coefficient (Wildman–Crippen LogP) is 1.32. The standard InChI is InChI=1S/C20H18N4O5S/c25-20-4-2-17(14-5-7-21-8-6-14)22-24(20)15-12-23(13-15)30(26,27)16-1-3-18-19(11-16)29-10-9-28-18/h1-8,11,15H,9-10,12-13H2. The van der Waals surface area contributed by atoms with Gasteiger partial charge in [0.05, 0.1) is 16.6 Å². The molecule has 0 bridgehead atoms. The van der Waals surface area contributed by atoms with Crippen LogP contribution in [0.1, 0.15) is 6.04 Å². The van der Waals surface area contributed by atoms with Gasteiger partial charge in [-0.15, -0.1) is 0 Å². The van der Waals surface area contributed by atoms with Crippen molar-refractivity contribution < 1.29 is 17.9 Å². The summed E-state index contributed by atoms with van der Waals surface area (Å²) in [7, 11) is -3.71. The third-order valence-corrected chi connectivity index (χ3v) is 6.95. The van der Waals surface area contributed by atoms with Crippen LogP contribution in [-0.4, -0.2) is 53.8 Å². The number of sulfonamides is 1. The van der Waals surface area contributed by atoms with Crippen LogP contribution in [0.5, 0.6) is 11.5 Å². The summed E-state index contributed by atoms with van der Waals surface area (Å²) in [5.74, 6) is 0.952. The molecule has 0 unspecified atom stereocenters. The number of hydrogen-bond donors (Lipinski definition) is 0. The van der Waals surface area contributed by atoms with Crippen LogP contribution < -0.4 is 15.0 Å². The highest BCUT2D eigenvalue weighted by Gasteiger charge is 2.39. The molecule has 1 aromatic carbocycles. The zero-order valence-corrected chi connectivity index (χ0v) is 16.7. The highest BCUT2D eigenvalue weighted by molar-refractivity contribution is 7.89. The fraction of sp³-hybridized carbons (Fsp3) is 0.250. The van der Waals surface area contributed by atoms with Crippen molar-refractivity contribution in [3.63, 3.8) is 0 Å². The fourth-order valence-corrected chi connectivity index (χ4v) is 5.00. The number of pyridine rings is 1. The van der Waals surface area contributed by atoms with Gasteiger partial charge in [0.15, 0.2) is 11.5 Å². The minimum absolute atomic E-state index is 0.135. The molecule has 2 aromatic heterocycles. The van der Waals surface area contributed by atoms with Gasteiger partial charge >= 0.3 is 0 Å². The molecule has 0 aliphatic carbocycles. The maximum atomic E-state index is 13.0. The Labute approximate surface area is 172 Å². The van der Waals surface area contributed by atoms with Crippen LogP contribution in [0.3, 0.4) is 0 Å². The normalized spacial score (nSPS) is 16.8. The van der Waals surface area contributed by atoms with Gasteiger partial charge in [-0.1, -0.05) is 0 Å². The molecule has 0 N–H and O–H groups in total. The number of fused-ring (bicyclic) bond motifs is 1. The van der Waals surface area contributed by atoms with E-state index in [1.54, 1.807) is 36.7 Å². The molecule has 0 radical (unpaired) electrons. The molecule has 30 heavy (non-hydrogen) atoms. The molecular weight excluding hydrogens is 408 g/mol. The average molecular weight is 426 g/mol. The summed E-state index contributed by atoms with van der Waals surface area (Å²) in [4.78, 5) is 16.4. The van der Waals surface area contributed by atoms with Crippen molar-refractivity contribution in [3.8, 4) is 22.8 Å². The summed E-state index contributed by atoms with van der Waals surface area (Å²) in [6.07, 6.45) is 3.30. The van der Waals surface area contributed by atoms with Crippen molar-refractivity contribution in [1.82, 2.24) is 19.1 Å². The van der Waals surface area contributed by atoms with E-state index in [0.717, 1.165) is 5.56 Å². The topological polar surface area (TPSA) is 104 Å². The van der Waals surface area contributed by atoms with E-state index in [-0.39, 0.29) is 29.6 Å². The molecule has 9 nitrogen and oxygen atoms in total. The SMILES string of the molecule is O=c1ccc(-c2ccncc2)nn1C1CN(S(=O)(=O)c2ccc3c(c2)OCCO3)C1. The molecule has 5 rings (SSSR count). The molecule has 4 heterocycles. The van der Waals surface area contributed by atoms with Gasteiger partial charge in [-0.25, -0.2) is 13.1 Å². The smallest absolute Gasteiger partial charge is 0.267 e. The molecule has 0 amide bonds. The van der Waals surface area contributed by atoms with E-state index in [1.165, 1.54) is 27.2 Å². The molecule has 2 aliphatic heterocycles. The molecule has 0 atom stereocenters. The van der Waals surface area contributed by atoms with Gasteiger partial charge in [0.2, 0.25) is 10.0 Å². The Balaban J connectivity index is 1.37. The first kappa shape index (κ1) is 18.8. The number of rotatable bonds is 4. The zero-order chi connectivity index (χ0) is 20.7. The molecule has 0 saturated carbocycles. The maximum absolute atomic E-state index is 13.0. The minimum Gasteiger partial charge on any atom is -0.486 e. The molecule has 1 saturated heterocycles. The van der Waals surface area contributed by atoms with E-state index in [1.807, 2.05) is 0 Å². The van der Waals surface area contributed by atoms with Gasteiger partial charge in [-0.2, -0.15) is 9.40 Å². The molecule has 10 heteroatoms. The zero-order valence-electron chi connectivity index (χ0n) is 15.8. The maximum Gasteiger partial charge on any atom is 0.267 e. The summed E-state index contributed by atoms with van der Waals surface area (Å²) >= 11 is 0. The molecule has 0 spiro atoms. The van der Waals surface area contributed by atoms with Crippen LogP contribution in [0.4, 0.5) is 0 Å². The van der Waals surface area contributed by atoms with Crippen LogP contribution >= 0.6 is 0 Å². The van der Waals surface area contributed by atoms with Gasteiger partial charge < -0.3 is 9.47 Å². The first-order valence-corrected chi connectivity index (χ1v) is 10.9. The summed E-state index contributed by atoms with van der Waals surface area (Å²) in [6.45, 7) is 1.16. The van der Waals surface area contributed by atoms with E-state index < -0.39 is 10.0 Å². The Bertz CT molecular complexity index is 1250. The number of hydrogen-bond acceptors (Lipinski definition) is 7. The largest absolute Gasteiger partial charge is 0.486 e. The monoisotopic (exact) mass is 426 g/mol. The highest BCUT2D eigenvalue weighted by Crippen LogP contribution is 2.35. The Kier molecular flexibility index (Phi) is 4.52. The van der Waals surface area contributed by atoms with E-state index in [0.29, 0.717) is 30.4 Å². The minimum atomic E-state index is -3.71. The summed E-state index contributed by atoms with van der Waals surface area (Å²) < 4.78 is 39.5. The Morgan fingerprint density at radius 1 is 0.933 bits per heavy atom. The number of benzene rings is 1. The van der Waals surface area contributed by atoms with E-state index in [9.17, 15) is 13.2 Å². The van der Waals surface area contributed by atoms with Crippen molar-refractivity contribution in [2.75, 3.05) is 26.3 Å². The average Bonchev–Trinajstić information content (AvgIpc) is 2.74. The lowest BCUT2D eigenvalue weighted by molar-refractivity contribution is 0.170. The number of ether oxygens (including phenoxy) is 2. The molecule has 154 valence electrons. The third-order valence-electron chi connectivity index (χ3n) is 5.13. The summed E-state index contributed by atoms with van der Waals surface area (Å²) in [6, 6.07) is 11.0. The number of nitrogens with zero attached hydrogens (tertiary/aromatic N) is 4.